The molecule has 0 aliphatic heterocycles. The molecule has 5 rings (SSSR count). The minimum absolute atomic E-state index is 0.00303. The third-order valence-electron chi connectivity index (χ3n) is 8.75. The molecule has 1 aromatic heterocycles. The van der Waals surface area contributed by atoms with E-state index in [0.717, 1.165) is 73.3 Å². The van der Waals surface area contributed by atoms with Crippen molar-refractivity contribution < 1.29 is 19.4 Å². The summed E-state index contributed by atoms with van der Waals surface area (Å²) >= 11 is 12.8. The van der Waals surface area contributed by atoms with Gasteiger partial charge in [0.15, 0.2) is 0 Å². The Bertz CT molecular complexity index is 1630. The van der Waals surface area contributed by atoms with Crippen molar-refractivity contribution in [1.82, 2.24) is 14.9 Å². The van der Waals surface area contributed by atoms with Gasteiger partial charge >= 0.3 is 5.97 Å². The molecule has 1 aliphatic rings. The Labute approximate surface area is 280 Å². The second-order valence-electron chi connectivity index (χ2n) is 12.3. The molecule has 1 aliphatic carbocycles. The van der Waals surface area contributed by atoms with Crippen LogP contribution in [-0.4, -0.2) is 26.5 Å². The van der Waals surface area contributed by atoms with Crippen molar-refractivity contribution in [1.29, 1.82) is 0 Å². The van der Waals surface area contributed by atoms with Crippen molar-refractivity contribution in [3.05, 3.63) is 105 Å². The van der Waals surface area contributed by atoms with Gasteiger partial charge in [0.25, 0.3) is 0 Å². The van der Waals surface area contributed by atoms with Crippen LogP contribution in [0.15, 0.2) is 72.9 Å². The van der Waals surface area contributed by atoms with Crippen LogP contribution < -0.4 is 10.1 Å². The summed E-state index contributed by atoms with van der Waals surface area (Å²) in [7, 11) is 0. The predicted octanol–water partition coefficient (Wildman–Crippen LogP) is 9.16. The Morgan fingerprint density at radius 2 is 1.70 bits per heavy atom. The van der Waals surface area contributed by atoms with Crippen molar-refractivity contribution in [3.63, 3.8) is 0 Å². The monoisotopic (exact) mass is 661 g/mol. The molecule has 1 fully saturated rings. The number of nitrogens with one attached hydrogen (secondary N) is 1. The first-order valence-corrected chi connectivity index (χ1v) is 16.8. The fourth-order valence-corrected chi connectivity index (χ4v) is 6.43. The van der Waals surface area contributed by atoms with Gasteiger partial charge in [0.1, 0.15) is 18.2 Å². The summed E-state index contributed by atoms with van der Waals surface area (Å²) in [5.41, 5.74) is 3.71. The van der Waals surface area contributed by atoms with Crippen LogP contribution in [0.25, 0.3) is 11.3 Å². The highest BCUT2D eigenvalue weighted by Crippen LogP contribution is 2.33. The Kier molecular flexibility index (Phi) is 11.4. The number of imidazole rings is 1. The molecule has 2 N–H and O–H groups in total. The number of aromatic nitrogens is 2. The van der Waals surface area contributed by atoms with Crippen LogP contribution in [0.3, 0.4) is 0 Å². The zero-order valence-corrected chi connectivity index (χ0v) is 27.9. The SMILES string of the molecule is CCCCn1cc(-c2ccc(Cl)cc2Cl)nc1[C@H](Cc1ccc(OCc2ccc(C(=O)O)cc2)cc1)NC(=O)[C@H]1CC[C@H](C)CC1. The first kappa shape index (κ1) is 33.6. The molecule has 0 saturated heterocycles. The van der Waals surface area contributed by atoms with Gasteiger partial charge in [-0.15, -0.1) is 0 Å². The molecule has 9 heteroatoms. The Hall–Kier alpha value is -3.81. The van der Waals surface area contributed by atoms with Gasteiger partial charge in [-0.25, -0.2) is 9.78 Å². The third kappa shape index (κ3) is 8.71. The molecule has 0 spiro atoms. The number of hydrogen-bond acceptors (Lipinski definition) is 4. The van der Waals surface area contributed by atoms with Crippen molar-refractivity contribution in [2.75, 3.05) is 0 Å². The Morgan fingerprint density at radius 1 is 1.00 bits per heavy atom. The van der Waals surface area contributed by atoms with Crippen LogP contribution in [-0.2, 0) is 24.4 Å². The lowest BCUT2D eigenvalue weighted by Crippen LogP contribution is -2.37. The number of nitrogens with zero attached hydrogens (tertiary/aromatic N) is 2. The zero-order chi connectivity index (χ0) is 32.6. The molecule has 1 heterocycles. The molecular formula is C37H41Cl2N3O4. The number of aromatic carboxylic acids is 1. The van der Waals surface area contributed by atoms with Crippen LogP contribution in [0, 0.1) is 11.8 Å². The lowest BCUT2D eigenvalue weighted by Gasteiger charge is -2.28. The number of carbonyl (C=O) groups is 2. The Morgan fingerprint density at radius 3 is 2.35 bits per heavy atom. The highest BCUT2D eigenvalue weighted by molar-refractivity contribution is 6.36. The summed E-state index contributed by atoms with van der Waals surface area (Å²) in [4.78, 5) is 29.9. The highest BCUT2D eigenvalue weighted by atomic mass is 35.5. The maximum Gasteiger partial charge on any atom is 0.335 e. The molecule has 0 bridgehead atoms. The molecule has 4 aromatic rings. The van der Waals surface area contributed by atoms with Gasteiger partial charge in [-0.3, -0.25) is 4.79 Å². The van der Waals surface area contributed by atoms with Crippen molar-refractivity contribution >= 4 is 35.1 Å². The molecule has 46 heavy (non-hydrogen) atoms. The number of ether oxygens (including phenoxy) is 1. The second kappa shape index (κ2) is 15.7. The van der Waals surface area contributed by atoms with E-state index in [4.69, 9.17) is 38.0 Å². The summed E-state index contributed by atoms with van der Waals surface area (Å²) in [5.74, 6) is 1.29. The van der Waals surface area contributed by atoms with Gasteiger partial charge in [-0.1, -0.05) is 67.7 Å². The second-order valence-corrected chi connectivity index (χ2v) is 13.2. The van der Waals surface area contributed by atoms with E-state index in [1.165, 1.54) is 0 Å². The maximum atomic E-state index is 13.7. The van der Waals surface area contributed by atoms with Gasteiger partial charge in [-0.05, 0) is 98.0 Å². The smallest absolute Gasteiger partial charge is 0.335 e. The number of carboxylic acid groups (broad SMARTS) is 1. The molecule has 1 saturated carbocycles. The summed E-state index contributed by atoms with van der Waals surface area (Å²) in [5, 5.41) is 13.6. The van der Waals surface area contributed by atoms with Crippen molar-refractivity contribution in [3.8, 4) is 17.0 Å². The largest absolute Gasteiger partial charge is 0.489 e. The van der Waals surface area contributed by atoms with E-state index < -0.39 is 5.97 Å². The summed E-state index contributed by atoms with van der Waals surface area (Å²) in [6.07, 6.45) is 8.53. The van der Waals surface area contributed by atoms with Crippen molar-refractivity contribution in [2.24, 2.45) is 11.8 Å². The van der Waals surface area contributed by atoms with E-state index >= 15 is 0 Å². The first-order valence-electron chi connectivity index (χ1n) is 16.1. The van der Waals surface area contributed by atoms with Gasteiger partial charge in [0, 0.05) is 29.2 Å². The van der Waals surface area contributed by atoms with Gasteiger partial charge in [0.2, 0.25) is 5.91 Å². The average molecular weight is 663 g/mol. The quantitative estimate of drug-likeness (QED) is 0.149. The molecule has 0 unspecified atom stereocenters. The lowest BCUT2D eigenvalue weighted by atomic mass is 9.82. The van der Waals surface area contributed by atoms with Crippen LogP contribution in [0.4, 0.5) is 0 Å². The fraction of sp³-hybridized carbons (Fsp3) is 0.378. The molecule has 242 valence electrons. The first-order chi connectivity index (χ1) is 22.2. The number of hydrogen-bond donors (Lipinski definition) is 2. The van der Waals surface area contributed by atoms with Crippen LogP contribution in [0.2, 0.25) is 10.0 Å². The van der Waals surface area contributed by atoms with E-state index in [2.05, 4.69) is 23.7 Å². The van der Waals surface area contributed by atoms with E-state index in [-0.39, 0.29) is 23.4 Å². The average Bonchev–Trinajstić information content (AvgIpc) is 3.47. The predicted molar refractivity (Wildman–Crippen MR) is 182 cm³/mol. The van der Waals surface area contributed by atoms with Gasteiger partial charge in [0.05, 0.1) is 22.3 Å². The zero-order valence-electron chi connectivity index (χ0n) is 26.3. The number of carboxylic acids is 1. The van der Waals surface area contributed by atoms with Crippen LogP contribution in [0.5, 0.6) is 5.75 Å². The van der Waals surface area contributed by atoms with E-state index in [9.17, 15) is 9.59 Å². The van der Waals surface area contributed by atoms with Gasteiger partial charge in [-0.2, -0.15) is 0 Å². The Balaban J connectivity index is 1.38. The fourth-order valence-electron chi connectivity index (χ4n) is 5.93. The molecule has 3 aromatic carbocycles. The standard InChI is InChI=1S/C37H41Cl2N3O4/c1-3-4-19-42-22-34(31-18-15-29(38)21-32(31)39)40-35(42)33(41-36(43)27-11-5-24(2)6-12-27)20-25-9-16-30(17-10-25)46-23-26-7-13-28(14-8-26)37(44)45/h7-10,13-18,21-22,24,27,33H,3-6,11-12,19-20,23H2,1-2H3,(H,41,43)(H,44,45)/t24-,27-,33-/m0/s1. The number of rotatable bonds is 13. The topological polar surface area (TPSA) is 93.5 Å². The van der Waals surface area contributed by atoms with Crippen LogP contribution >= 0.6 is 23.2 Å². The normalized spacial score (nSPS) is 17.0. The number of benzene rings is 3. The summed E-state index contributed by atoms with van der Waals surface area (Å²) in [6.45, 7) is 5.51. The molecular weight excluding hydrogens is 621 g/mol. The number of carbonyl (C=O) groups excluding carboxylic acids is 1. The molecule has 0 radical (unpaired) electrons. The number of halogens is 2. The van der Waals surface area contributed by atoms with Crippen LogP contribution in [0.1, 0.15) is 85.7 Å². The van der Waals surface area contributed by atoms with Gasteiger partial charge < -0.3 is 19.7 Å². The minimum Gasteiger partial charge on any atom is -0.489 e. The summed E-state index contributed by atoms with van der Waals surface area (Å²) < 4.78 is 8.13. The number of aryl methyl sites for hydroxylation is 1. The van der Waals surface area contributed by atoms with Crippen molar-refractivity contribution in [2.45, 2.75) is 78.0 Å². The van der Waals surface area contributed by atoms with E-state index in [1.54, 1.807) is 30.3 Å². The lowest BCUT2D eigenvalue weighted by molar-refractivity contribution is -0.127. The number of unbranched alkanes of at least 4 members (excludes halogenated alkanes) is 1. The number of amides is 1. The minimum atomic E-state index is -0.955. The molecule has 1 atom stereocenters. The highest BCUT2D eigenvalue weighted by Gasteiger charge is 2.29. The third-order valence-corrected chi connectivity index (χ3v) is 9.30. The molecule has 1 amide bonds. The van der Waals surface area contributed by atoms with E-state index in [1.807, 2.05) is 42.6 Å². The maximum absolute atomic E-state index is 13.7. The van der Waals surface area contributed by atoms with E-state index in [0.29, 0.717) is 34.7 Å². The summed E-state index contributed by atoms with van der Waals surface area (Å²) in [6, 6.07) is 19.6. The molecule has 7 nitrogen and oxygen atoms in total.